The molecule has 3 N–H and O–H groups in total. The van der Waals surface area contributed by atoms with Crippen molar-refractivity contribution in [3.63, 3.8) is 0 Å². The number of benzene rings is 1. The normalized spacial score (nSPS) is 11.8. The number of halogens is 1. The number of aryl methyl sites for hydroxylation is 2. The van der Waals surface area contributed by atoms with Crippen LogP contribution in [0.15, 0.2) is 21.5 Å². The summed E-state index contributed by atoms with van der Waals surface area (Å²) in [4.78, 5) is 0.329. The summed E-state index contributed by atoms with van der Waals surface area (Å²) in [5.41, 5.74) is 6.95. The van der Waals surface area contributed by atoms with Crippen molar-refractivity contribution in [2.45, 2.75) is 25.2 Å². The SMILES string of the molecule is Cc1cc(S(=O)(=O)NCCCN)c(C)cc1Br. The van der Waals surface area contributed by atoms with Gasteiger partial charge in [0.05, 0.1) is 4.90 Å². The first-order valence-electron chi connectivity index (χ1n) is 5.35. The summed E-state index contributed by atoms with van der Waals surface area (Å²) in [6, 6.07) is 3.48. The van der Waals surface area contributed by atoms with Gasteiger partial charge < -0.3 is 5.73 Å². The minimum Gasteiger partial charge on any atom is -0.330 e. The second kappa shape index (κ2) is 5.95. The van der Waals surface area contributed by atoms with E-state index < -0.39 is 10.0 Å². The molecule has 1 aromatic rings. The monoisotopic (exact) mass is 320 g/mol. The lowest BCUT2D eigenvalue weighted by Gasteiger charge is -2.11. The van der Waals surface area contributed by atoms with Crippen LogP contribution in [-0.2, 0) is 10.0 Å². The van der Waals surface area contributed by atoms with E-state index in [0.717, 1.165) is 15.6 Å². The number of hydrogen-bond acceptors (Lipinski definition) is 3. The van der Waals surface area contributed by atoms with Gasteiger partial charge in [-0.1, -0.05) is 15.9 Å². The average Bonchev–Trinajstić information content (AvgIpc) is 2.23. The zero-order chi connectivity index (χ0) is 13.1. The third-order valence-corrected chi connectivity index (χ3v) is 4.88. The van der Waals surface area contributed by atoms with Crippen LogP contribution >= 0.6 is 15.9 Å². The van der Waals surface area contributed by atoms with Gasteiger partial charge in [0.25, 0.3) is 0 Å². The van der Waals surface area contributed by atoms with E-state index in [0.29, 0.717) is 24.4 Å². The van der Waals surface area contributed by atoms with Crippen molar-refractivity contribution in [3.8, 4) is 0 Å². The van der Waals surface area contributed by atoms with E-state index in [1.165, 1.54) is 0 Å². The molecule has 0 radical (unpaired) electrons. The van der Waals surface area contributed by atoms with Gasteiger partial charge in [0.1, 0.15) is 0 Å². The highest BCUT2D eigenvalue weighted by molar-refractivity contribution is 9.10. The Balaban J connectivity index is 3.03. The lowest BCUT2D eigenvalue weighted by Crippen LogP contribution is -2.27. The Labute approximate surface area is 111 Å². The average molecular weight is 321 g/mol. The number of rotatable bonds is 5. The quantitative estimate of drug-likeness (QED) is 0.811. The van der Waals surface area contributed by atoms with Gasteiger partial charge >= 0.3 is 0 Å². The number of hydrogen-bond donors (Lipinski definition) is 2. The van der Waals surface area contributed by atoms with Gasteiger partial charge in [-0.15, -0.1) is 0 Å². The summed E-state index contributed by atoms with van der Waals surface area (Å²) in [6.45, 7) is 4.48. The number of nitrogens with one attached hydrogen (secondary N) is 1. The van der Waals surface area contributed by atoms with Crippen molar-refractivity contribution >= 4 is 26.0 Å². The Morgan fingerprint density at radius 2 is 1.94 bits per heavy atom. The van der Waals surface area contributed by atoms with Gasteiger partial charge in [-0.3, -0.25) is 0 Å². The summed E-state index contributed by atoms with van der Waals surface area (Å²) in [5.74, 6) is 0. The van der Waals surface area contributed by atoms with Gasteiger partial charge in [-0.05, 0) is 50.1 Å². The molecule has 0 aliphatic rings. The molecule has 6 heteroatoms. The Morgan fingerprint density at radius 1 is 1.29 bits per heavy atom. The topological polar surface area (TPSA) is 72.2 Å². The Kier molecular flexibility index (Phi) is 5.12. The fourth-order valence-electron chi connectivity index (χ4n) is 1.43. The second-order valence-electron chi connectivity index (χ2n) is 3.91. The second-order valence-corrected chi connectivity index (χ2v) is 6.50. The van der Waals surface area contributed by atoms with Crippen molar-refractivity contribution in [1.82, 2.24) is 4.72 Å². The zero-order valence-electron chi connectivity index (χ0n) is 9.96. The Hall–Kier alpha value is -0.430. The molecule has 0 aliphatic heterocycles. The number of nitrogens with two attached hydrogens (primary N) is 1. The van der Waals surface area contributed by atoms with Crippen molar-refractivity contribution < 1.29 is 8.42 Å². The van der Waals surface area contributed by atoms with Crippen LogP contribution in [0.5, 0.6) is 0 Å². The first-order chi connectivity index (χ1) is 7.88. The number of sulfonamides is 1. The van der Waals surface area contributed by atoms with Crippen LogP contribution in [0, 0.1) is 13.8 Å². The van der Waals surface area contributed by atoms with Gasteiger partial charge in [-0.2, -0.15) is 0 Å². The molecule has 0 unspecified atom stereocenters. The fraction of sp³-hybridized carbons (Fsp3) is 0.455. The highest BCUT2D eigenvalue weighted by Crippen LogP contribution is 2.24. The molecule has 0 saturated heterocycles. The molecule has 4 nitrogen and oxygen atoms in total. The molecule has 0 amide bonds. The molecule has 0 aliphatic carbocycles. The van der Waals surface area contributed by atoms with E-state index in [1.807, 2.05) is 13.0 Å². The molecular formula is C11H17BrN2O2S. The van der Waals surface area contributed by atoms with E-state index in [9.17, 15) is 8.42 Å². The summed E-state index contributed by atoms with van der Waals surface area (Å²) in [7, 11) is -3.43. The van der Waals surface area contributed by atoms with Crippen LogP contribution in [0.4, 0.5) is 0 Å². The van der Waals surface area contributed by atoms with Crippen molar-refractivity contribution in [3.05, 3.63) is 27.7 Å². The van der Waals surface area contributed by atoms with Gasteiger partial charge in [0.15, 0.2) is 0 Å². The molecule has 0 saturated carbocycles. The molecule has 0 aromatic heterocycles. The third-order valence-electron chi connectivity index (χ3n) is 2.42. The minimum absolute atomic E-state index is 0.329. The molecule has 0 fully saturated rings. The molecule has 0 bridgehead atoms. The van der Waals surface area contributed by atoms with E-state index in [-0.39, 0.29) is 0 Å². The van der Waals surface area contributed by atoms with E-state index in [1.54, 1.807) is 13.0 Å². The van der Waals surface area contributed by atoms with E-state index in [4.69, 9.17) is 5.73 Å². The maximum absolute atomic E-state index is 12.0. The summed E-state index contributed by atoms with van der Waals surface area (Å²) in [5, 5.41) is 0. The smallest absolute Gasteiger partial charge is 0.240 e. The van der Waals surface area contributed by atoms with Crippen molar-refractivity contribution in [2.75, 3.05) is 13.1 Å². The van der Waals surface area contributed by atoms with Crippen LogP contribution in [-0.4, -0.2) is 21.5 Å². The lowest BCUT2D eigenvalue weighted by molar-refractivity contribution is 0.579. The standard InChI is InChI=1S/C11H17BrN2O2S/c1-8-7-11(9(2)6-10(8)12)17(15,16)14-5-3-4-13/h6-7,14H,3-5,13H2,1-2H3. The first kappa shape index (κ1) is 14.6. The maximum Gasteiger partial charge on any atom is 0.240 e. The molecule has 1 rings (SSSR count). The lowest BCUT2D eigenvalue weighted by atomic mass is 10.2. The van der Waals surface area contributed by atoms with Crippen LogP contribution in [0.1, 0.15) is 17.5 Å². The van der Waals surface area contributed by atoms with Gasteiger partial charge in [-0.25, -0.2) is 13.1 Å². The third kappa shape index (κ3) is 3.77. The molecule has 1 aromatic carbocycles. The maximum atomic E-state index is 12.0. The van der Waals surface area contributed by atoms with Crippen LogP contribution < -0.4 is 10.5 Å². The molecule has 0 spiro atoms. The predicted octanol–water partition coefficient (Wildman–Crippen LogP) is 1.69. The van der Waals surface area contributed by atoms with Crippen LogP contribution in [0.2, 0.25) is 0 Å². The Morgan fingerprint density at radius 3 is 2.53 bits per heavy atom. The van der Waals surface area contributed by atoms with Gasteiger partial charge in [0, 0.05) is 11.0 Å². The van der Waals surface area contributed by atoms with Gasteiger partial charge in [0.2, 0.25) is 10.0 Å². The highest BCUT2D eigenvalue weighted by atomic mass is 79.9. The fourth-order valence-corrected chi connectivity index (χ4v) is 3.27. The first-order valence-corrected chi connectivity index (χ1v) is 7.62. The summed E-state index contributed by atoms with van der Waals surface area (Å²) < 4.78 is 27.5. The minimum atomic E-state index is -3.43. The van der Waals surface area contributed by atoms with Crippen molar-refractivity contribution in [2.24, 2.45) is 5.73 Å². The van der Waals surface area contributed by atoms with Crippen molar-refractivity contribution in [1.29, 1.82) is 0 Å². The largest absolute Gasteiger partial charge is 0.330 e. The molecule has 0 heterocycles. The molecule has 0 atom stereocenters. The predicted molar refractivity (Wildman–Crippen MR) is 72.5 cm³/mol. The van der Waals surface area contributed by atoms with Crippen LogP contribution in [0.25, 0.3) is 0 Å². The summed E-state index contributed by atoms with van der Waals surface area (Å²) in [6.07, 6.45) is 0.633. The van der Waals surface area contributed by atoms with E-state index in [2.05, 4.69) is 20.7 Å². The molecule has 17 heavy (non-hydrogen) atoms. The molecular weight excluding hydrogens is 304 g/mol. The zero-order valence-corrected chi connectivity index (χ0v) is 12.4. The van der Waals surface area contributed by atoms with Crippen LogP contribution in [0.3, 0.4) is 0 Å². The summed E-state index contributed by atoms with van der Waals surface area (Å²) >= 11 is 3.38. The molecule has 96 valence electrons. The van der Waals surface area contributed by atoms with E-state index >= 15 is 0 Å². The Bertz CT molecular complexity index is 500. The highest BCUT2D eigenvalue weighted by Gasteiger charge is 2.17.